The molecule has 0 bridgehead atoms. The third-order valence-electron chi connectivity index (χ3n) is 5.30. The third kappa shape index (κ3) is 3.83. The Bertz CT molecular complexity index is 1170. The largest absolute Gasteiger partial charge is 0.507 e. The Labute approximate surface area is 186 Å². The molecule has 3 aromatic carbocycles. The Hall–Kier alpha value is -4.06. The van der Waals surface area contributed by atoms with Gasteiger partial charge in [0.05, 0.1) is 23.9 Å². The lowest BCUT2D eigenvalue weighted by Gasteiger charge is -2.26. The van der Waals surface area contributed by atoms with Gasteiger partial charge in [-0.15, -0.1) is 0 Å². The van der Waals surface area contributed by atoms with Gasteiger partial charge in [0.2, 0.25) is 0 Å². The molecule has 1 aliphatic rings. The number of Topliss-reactive ketones (excluding diaryl/α,β-unsaturated/α-hetero) is 1. The van der Waals surface area contributed by atoms with Gasteiger partial charge in [0, 0.05) is 5.56 Å². The average molecular weight is 429 g/mol. The number of hydrogen-bond donors (Lipinski definition) is 2. The smallest absolute Gasteiger partial charge is 0.300 e. The van der Waals surface area contributed by atoms with Crippen molar-refractivity contribution < 1.29 is 24.5 Å². The minimum absolute atomic E-state index is 0.0355. The van der Waals surface area contributed by atoms with Crippen LogP contribution >= 0.6 is 0 Å². The number of phenols is 1. The Morgan fingerprint density at radius 2 is 1.59 bits per heavy atom. The molecular weight excluding hydrogens is 406 g/mol. The number of phenolic OH excluding ortho intramolecular Hbond substituents is 1. The van der Waals surface area contributed by atoms with Crippen LogP contribution in [0.3, 0.4) is 0 Å². The Kier molecular flexibility index (Phi) is 5.94. The van der Waals surface area contributed by atoms with Gasteiger partial charge >= 0.3 is 0 Å². The predicted octanol–water partition coefficient (Wildman–Crippen LogP) is 4.81. The molecule has 1 amide bonds. The van der Waals surface area contributed by atoms with E-state index >= 15 is 0 Å². The summed E-state index contributed by atoms with van der Waals surface area (Å²) in [7, 11) is 0. The normalized spacial score (nSPS) is 17.5. The number of ketones is 1. The SMILES string of the molecule is CCCOc1ccc(/C(O)=C2\C(=O)C(=O)N(c3ccccc3O)C2c2ccccc2)cc1. The number of carbonyl (C=O) groups is 2. The molecule has 32 heavy (non-hydrogen) atoms. The molecule has 0 spiro atoms. The molecule has 6 nitrogen and oxygen atoms in total. The van der Waals surface area contributed by atoms with Crippen molar-refractivity contribution in [1.82, 2.24) is 0 Å². The quantitative estimate of drug-likeness (QED) is 0.334. The zero-order chi connectivity index (χ0) is 22.7. The molecule has 2 N–H and O–H groups in total. The minimum Gasteiger partial charge on any atom is -0.507 e. The van der Waals surface area contributed by atoms with Crippen molar-refractivity contribution in [3.8, 4) is 11.5 Å². The van der Waals surface area contributed by atoms with Crippen LogP contribution in [0.25, 0.3) is 5.76 Å². The van der Waals surface area contributed by atoms with E-state index in [0.29, 0.717) is 23.5 Å². The van der Waals surface area contributed by atoms with E-state index in [0.717, 1.165) is 6.42 Å². The van der Waals surface area contributed by atoms with Gasteiger partial charge in [0.1, 0.15) is 17.3 Å². The molecule has 0 aliphatic carbocycles. The van der Waals surface area contributed by atoms with Crippen LogP contribution in [-0.2, 0) is 9.59 Å². The molecule has 0 aromatic heterocycles. The summed E-state index contributed by atoms with van der Waals surface area (Å²) in [5.41, 5.74) is 1.20. The molecule has 1 fully saturated rings. The molecule has 0 saturated carbocycles. The highest BCUT2D eigenvalue weighted by molar-refractivity contribution is 6.51. The molecule has 1 saturated heterocycles. The summed E-state index contributed by atoms with van der Waals surface area (Å²) in [6, 6.07) is 21.1. The molecular formula is C26H23NO5. The first-order chi connectivity index (χ1) is 15.5. The Morgan fingerprint density at radius 1 is 0.938 bits per heavy atom. The molecule has 0 radical (unpaired) electrons. The summed E-state index contributed by atoms with van der Waals surface area (Å²) >= 11 is 0. The first-order valence-electron chi connectivity index (χ1n) is 10.4. The monoisotopic (exact) mass is 429 g/mol. The van der Waals surface area contributed by atoms with Gasteiger partial charge in [-0.3, -0.25) is 14.5 Å². The molecule has 4 rings (SSSR count). The molecule has 1 atom stereocenters. The standard InChI is InChI=1S/C26H23NO5/c1-2-16-32-19-14-12-18(13-15-19)24(29)22-23(17-8-4-3-5-9-17)27(26(31)25(22)30)20-10-6-7-11-21(20)28/h3-15,23,28-29H,2,16H2,1H3/b24-22+. The maximum atomic E-state index is 13.1. The highest BCUT2D eigenvalue weighted by atomic mass is 16.5. The van der Waals surface area contributed by atoms with E-state index in [1.54, 1.807) is 66.7 Å². The van der Waals surface area contributed by atoms with E-state index in [-0.39, 0.29) is 22.8 Å². The fraction of sp³-hybridized carbons (Fsp3) is 0.154. The summed E-state index contributed by atoms with van der Waals surface area (Å²) in [5.74, 6) is -1.39. The number of para-hydroxylation sites is 2. The van der Waals surface area contributed by atoms with Crippen molar-refractivity contribution in [1.29, 1.82) is 0 Å². The lowest BCUT2D eigenvalue weighted by Crippen LogP contribution is -2.29. The topological polar surface area (TPSA) is 87.1 Å². The van der Waals surface area contributed by atoms with Crippen LogP contribution in [0.1, 0.15) is 30.5 Å². The van der Waals surface area contributed by atoms with Gasteiger partial charge in [-0.2, -0.15) is 0 Å². The van der Waals surface area contributed by atoms with E-state index in [1.807, 2.05) is 13.0 Å². The van der Waals surface area contributed by atoms with Gasteiger partial charge in [0.25, 0.3) is 11.7 Å². The van der Waals surface area contributed by atoms with E-state index in [1.165, 1.54) is 11.0 Å². The van der Waals surface area contributed by atoms with E-state index in [2.05, 4.69) is 0 Å². The number of carbonyl (C=O) groups excluding carboxylic acids is 2. The van der Waals surface area contributed by atoms with Gasteiger partial charge < -0.3 is 14.9 Å². The second kappa shape index (κ2) is 8.98. The van der Waals surface area contributed by atoms with Crippen LogP contribution in [0.2, 0.25) is 0 Å². The number of amides is 1. The maximum absolute atomic E-state index is 13.1. The summed E-state index contributed by atoms with van der Waals surface area (Å²) in [6.07, 6.45) is 0.870. The van der Waals surface area contributed by atoms with Gasteiger partial charge in [-0.1, -0.05) is 49.4 Å². The van der Waals surface area contributed by atoms with Crippen LogP contribution < -0.4 is 9.64 Å². The van der Waals surface area contributed by atoms with Gasteiger partial charge in [0.15, 0.2) is 0 Å². The second-order valence-corrected chi connectivity index (χ2v) is 7.44. The first kappa shape index (κ1) is 21.2. The lowest BCUT2D eigenvalue weighted by atomic mass is 9.95. The molecule has 1 unspecified atom stereocenters. The number of aliphatic hydroxyl groups is 1. The van der Waals surface area contributed by atoms with Gasteiger partial charge in [-0.05, 0) is 48.4 Å². The van der Waals surface area contributed by atoms with Crippen molar-refractivity contribution in [3.63, 3.8) is 0 Å². The number of benzene rings is 3. The van der Waals surface area contributed by atoms with Crippen molar-refractivity contribution >= 4 is 23.1 Å². The summed E-state index contributed by atoms with van der Waals surface area (Å²) in [4.78, 5) is 27.4. The maximum Gasteiger partial charge on any atom is 0.300 e. The van der Waals surface area contributed by atoms with Crippen LogP contribution in [-0.4, -0.2) is 28.5 Å². The molecule has 162 valence electrons. The first-order valence-corrected chi connectivity index (χ1v) is 10.4. The van der Waals surface area contributed by atoms with E-state index in [4.69, 9.17) is 4.74 Å². The van der Waals surface area contributed by atoms with Crippen molar-refractivity contribution in [2.24, 2.45) is 0 Å². The van der Waals surface area contributed by atoms with Crippen molar-refractivity contribution in [2.45, 2.75) is 19.4 Å². The predicted molar refractivity (Wildman–Crippen MR) is 122 cm³/mol. The zero-order valence-electron chi connectivity index (χ0n) is 17.6. The Balaban J connectivity index is 1.85. The molecule has 3 aromatic rings. The highest BCUT2D eigenvalue weighted by Gasteiger charge is 2.47. The summed E-state index contributed by atoms with van der Waals surface area (Å²) in [6.45, 7) is 2.58. The number of aromatic hydroxyl groups is 1. The Morgan fingerprint density at radius 3 is 2.25 bits per heavy atom. The minimum atomic E-state index is -0.888. The van der Waals surface area contributed by atoms with E-state index < -0.39 is 17.7 Å². The number of rotatable bonds is 6. The highest BCUT2D eigenvalue weighted by Crippen LogP contribution is 2.44. The number of anilines is 1. The van der Waals surface area contributed by atoms with Crippen molar-refractivity contribution in [3.05, 3.63) is 95.6 Å². The number of nitrogens with zero attached hydrogens (tertiary/aromatic N) is 1. The molecule has 6 heteroatoms. The zero-order valence-corrected chi connectivity index (χ0v) is 17.6. The van der Waals surface area contributed by atoms with Crippen molar-refractivity contribution in [2.75, 3.05) is 11.5 Å². The molecule has 1 aliphatic heterocycles. The summed E-state index contributed by atoms with van der Waals surface area (Å²) < 4.78 is 5.58. The van der Waals surface area contributed by atoms with Crippen LogP contribution in [0.15, 0.2) is 84.4 Å². The third-order valence-corrected chi connectivity index (χ3v) is 5.30. The fourth-order valence-corrected chi connectivity index (χ4v) is 3.78. The number of hydrogen-bond acceptors (Lipinski definition) is 5. The fourth-order valence-electron chi connectivity index (χ4n) is 3.78. The van der Waals surface area contributed by atoms with Crippen LogP contribution in [0.4, 0.5) is 5.69 Å². The van der Waals surface area contributed by atoms with Crippen LogP contribution in [0.5, 0.6) is 11.5 Å². The lowest BCUT2D eigenvalue weighted by molar-refractivity contribution is -0.132. The summed E-state index contributed by atoms with van der Waals surface area (Å²) in [5, 5.41) is 21.5. The second-order valence-electron chi connectivity index (χ2n) is 7.44. The van der Waals surface area contributed by atoms with Gasteiger partial charge in [-0.25, -0.2) is 0 Å². The average Bonchev–Trinajstić information content (AvgIpc) is 3.09. The van der Waals surface area contributed by atoms with E-state index in [9.17, 15) is 19.8 Å². The number of aliphatic hydroxyl groups excluding tert-OH is 1. The molecule has 1 heterocycles. The number of ether oxygens (including phenoxy) is 1. The van der Waals surface area contributed by atoms with Crippen LogP contribution in [0, 0.1) is 0 Å².